The number of nitrogens with one attached hydrogen (secondary N) is 1. The Bertz CT molecular complexity index is 1230. The molecule has 0 spiro atoms. The normalized spacial score (nSPS) is 11.0. The molecule has 0 amide bonds. The van der Waals surface area contributed by atoms with Crippen LogP contribution in [0.2, 0.25) is 0 Å². The van der Waals surface area contributed by atoms with Gasteiger partial charge in [0, 0.05) is 23.4 Å². The van der Waals surface area contributed by atoms with Crippen molar-refractivity contribution in [3.05, 3.63) is 103 Å². The van der Waals surface area contributed by atoms with Gasteiger partial charge in [0.05, 0.1) is 16.5 Å². The maximum atomic E-state index is 3.77. The number of benzene rings is 4. The van der Waals surface area contributed by atoms with Gasteiger partial charge in [-0.2, -0.15) is 4.57 Å². The fourth-order valence-electron chi connectivity index (χ4n) is 3.96. The van der Waals surface area contributed by atoms with Crippen LogP contribution in [0.25, 0.3) is 32.9 Å². The SMILES string of the molecule is C[n+]1c2ccccc2c(Nc2ccccc2-c2ccccc2)c2ccccc21. The first kappa shape index (κ1) is 16.5. The fraction of sp³-hybridized carbons (Fsp3) is 0.0385. The number of anilines is 2. The summed E-state index contributed by atoms with van der Waals surface area (Å²) in [5, 5.41) is 6.20. The third-order valence-corrected chi connectivity index (χ3v) is 5.34. The Balaban J connectivity index is 1.77. The van der Waals surface area contributed by atoms with E-state index in [0.717, 1.165) is 11.4 Å². The average molecular weight is 361 g/mol. The molecule has 2 nitrogen and oxygen atoms in total. The summed E-state index contributed by atoms with van der Waals surface area (Å²) >= 11 is 0. The van der Waals surface area contributed by atoms with Gasteiger partial charge in [0.25, 0.3) is 0 Å². The Labute approximate surface area is 164 Å². The summed E-state index contributed by atoms with van der Waals surface area (Å²) in [7, 11) is 2.13. The number of rotatable bonds is 3. The summed E-state index contributed by atoms with van der Waals surface area (Å²) in [6.45, 7) is 0. The molecule has 0 saturated heterocycles. The van der Waals surface area contributed by atoms with Crippen LogP contribution in [-0.4, -0.2) is 0 Å². The highest BCUT2D eigenvalue weighted by Crippen LogP contribution is 2.35. The third-order valence-electron chi connectivity index (χ3n) is 5.34. The topological polar surface area (TPSA) is 15.9 Å². The van der Waals surface area contributed by atoms with Crippen molar-refractivity contribution in [3.63, 3.8) is 0 Å². The standard InChI is InChI=1S/C26H20N2/c1-28-24-17-9-6-14-21(24)26(22-15-7-10-18-25(22)28)27-23-16-8-5-13-20(23)19-11-3-2-4-12-19/h2-18H,1H3/p+1. The molecule has 0 aliphatic carbocycles. The molecule has 4 aromatic carbocycles. The van der Waals surface area contributed by atoms with Crippen molar-refractivity contribution in [1.82, 2.24) is 0 Å². The van der Waals surface area contributed by atoms with Crippen LogP contribution < -0.4 is 9.88 Å². The second kappa shape index (κ2) is 6.82. The van der Waals surface area contributed by atoms with Crippen LogP contribution in [0.1, 0.15) is 0 Å². The van der Waals surface area contributed by atoms with E-state index in [2.05, 4.69) is 120 Å². The molecule has 0 atom stereocenters. The second-order valence-electron chi connectivity index (χ2n) is 7.00. The first-order chi connectivity index (χ1) is 13.8. The maximum absolute atomic E-state index is 3.77. The van der Waals surface area contributed by atoms with E-state index >= 15 is 0 Å². The highest BCUT2D eigenvalue weighted by atomic mass is 15.0. The predicted octanol–water partition coefficient (Wildman–Crippen LogP) is 6.23. The Kier molecular flexibility index (Phi) is 4.02. The fourth-order valence-corrected chi connectivity index (χ4v) is 3.96. The zero-order valence-corrected chi connectivity index (χ0v) is 15.8. The quantitative estimate of drug-likeness (QED) is 0.298. The summed E-state index contributed by atoms with van der Waals surface area (Å²) in [4.78, 5) is 0. The van der Waals surface area contributed by atoms with Crippen LogP contribution >= 0.6 is 0 Å². The number of fused-ring (bicyclic) bond motifs is 2. The van der Waals surface area contributed by atoms with Gasteiger partial charge < -0.3 is 5.32 Å². The van der Waals surface area contributed by atoms with Gasteiger partial charge in [-0.1, -0.05) is 72.8 Å². The van der Waals surface area contributed by atoms with Crippen molar-refractivity contribution in [3.8, 4) is 11.1 Å². The van der Waals surface area contributed by atoms with E-state index in [9.17, 15) is 0 Å². The van der Waals surface area contributed by atoms with Crippen molar-refractivity contribution < 1.29 is 4.57 Å². The van der Waals surface area contributed by atoms with Crippen LogP contribution in [0, 0.1) is 0 Å². The van der Waals surface area contributed by atoms with E-state index in [-0.39, 0.29) is 0 Å². The van der Waals surface area contributed by atoms with E-state index in [0.29, 0.717) is 0 Å². The van der Waals surface area contributed by atoms with Crippen LogP contribution in [-0.2, 0) is 7.05 Å². The number of hydrogen-bond acceptors (Lipinski definition) is 1. The molecule has 5 rings (SSSR count). The molecular formula is C26H21N2+. The summed E-state index contributed by atoms with van der Waals surface area (Å²) in [6.07, 6.45) is 0. The van der Waals surface area contributed by atoms with E-state index in [4.69, 9.17) is 0 Å². The molecule has 0 fully saturated rings. The molecular weight excluding hydrogens is 340 g/mol. The minimum absolute atomic E-state index is 1.11. The van der Waals surface area contributed by atoms with Gasteiger partial charge in [-0.05, 0) is 23.8 Å². The van der Waals surface area contributed by atoms with E-state index < -0.39 is 0 Å². The summed E-state index contributed by atoms with van der Waals surface area (Å²) in [5.74, 6) is 0. The van der Waals surface area contributed by atoms with E-state index in [1.807, 2.05) is 0 Å². The van der Waals surface area contributed by atoms with Crippen LogP contribution in [0.5, 0.6) is 0 Å². The number of aryl methyl sites for hydroxylation is 1. The highest BCUT2D eigenvalue weighted by molar-refractivity contribution is 6.07. The zero-order chi connectivity index (χ0) is 18.9. The second-order valence-corrected chi connectivity index (χ2v) is 7.00. The van der Waals surface area contributed by atoms with Crippen LogP contribution in [0.4, 0.5) is 11.4 Å². The van der Waals surface area contributed by atoms with Crippen molar-refractivity contribution in [1.29, 1.82) is 0 Å². The molecule has 2 heteroatoms. The number of aromatic nitrogens is 1. The van der Waals surface area contributed by atoms with E-state index in [1.165, 1.54) is 32.9 Å². The third kappa shape index (κ3) is 2.71. The molecule has 1 heterocycles. The molecule has 134 valence electrons. The molecule has 0 radical (unpaired) electrons. The summed E-state index contributed by atoms with van der Waals surface area (Å²) < 4.78 is 2.26. The first-order valence-electron chi connectivity index (χ1n) is 9.54. The Hall–Kier alpha value is -3.65. The Morgan fingerprint density at radius 3 is 1.79 bits per heavy atom. The summed E-state index contributed by atoms with van der Waals surface area (Å²) in [5.41, 5.74) is 7.08. The maximum Gasteiger partial charge on any atom is 0.214 e. The van der Waals surface area contributed by atoms with Gasteiger partial charge in [0.2, 0.25) is 11.0 Å². The number of para-hydroxylation sites is 3. The van der Waals surface area contributed by atoms with Gasteiger partial charge in [0.15, 0.2) is 0 Å². The molecule has 0 aliphatic rings. The molecule has 0 aliphatic heterocycles. The first-order valence-corrected chi connectivity index (χ1v) is 9.54. The highest BCUT2D eigenvalue weighted by Gasteiger charge is 2.18. The van der Waals surface area contributed by atoms with Gasteiger partial charge in [-0.3, -0.25) is 0 Å². The smallest absolute Gasteiger partial charge is 0.214 e. The molecule has 28 heavy (non-hydrogen) atoms. The predicted molar refractivity (Wildman–Crippen MR) is 118 cm³/mol. The minimum atomic E-state index is 1.11. The number of pyridine rings is 1. The lowest BCUT2D eigenvalue weighted by Crippen LogP contribution is -2.30. The average Bonchev–Trinajstić information content (AvgIpc) is 2.77. The number of hydrogen-bond donors (Lipinski definition) is 1. The molecule has 1 N–H and O–H groups in total. The molecule has 0 bridgehead atoms. The van der Waals surface area contributed by atoms with Crippen LogP contribution in [0.15, 0.2) is 103 Å². The van der Waals surface area contributed by atoms with Gasteiger partial charge in [0.1, 0.15) is 7.05 Å². The van der Waals surface area contributed by atoms with Crippen molar-refractivity contribution in [2.45, 2.75) is 0 Å². The zero-order valence-electron chi connectivity index (χ0n) is 15.8. The summed E-state index contributed by atoms with van der Waals surface area (Å²) in [6, 6.07) is 36.2. The lowest BCUT2D eigenvalue weighted by molar-refractivity contribution is -0.617. The lowest BCUT2D eigenvalue weighted by Gasteiger charge is -2.15. The largest absolute Gasteiger partial charge is 0.354 e. The minimum Gasteiger partial charge on any atom is -0.354 e. The van der Waals surface area contributed by atoms with Crippen molar-refractivity contribution in [2.75, 3.05) is 5.32 Å². The number of nitrogens with zero attached hydrogens (tertiary/aromatic N) is 1. The molecule has 0 unspecified atom stereocenters. The Morgan fingerprint density at radius 1 is 0.571 bits per heavy atom. The molecule has 5 aromatic rings. The van der Waals surface area contributed by atoms with E-state index in [1.54, 1.807) is 0 Å². The van der Waals surface area contributed by atoms with Crippen molar-refractivity contribution >= 4 is 33.2 Å². The molecule has 1 aromatic heterocycles. The Morgan fingerprint density at radius 2 is 1.11 bits per heavy atom. The monoisotopic (exact) mass is 361 g/mol. The van der Waals surface area contributed by atoms with Crippen molar-refractivity contribution in [2.24, 2.45) is 7.05 Å². The van der Waals surface area contributed by atoms with Gasteiger partial charge >= 0.3 is 0 Å². The van der Waals surface area contributed by atoms with Gasteiger partial charge in [-0.25, -0.2) is 0 Å². The van der Waals surface area contributed by atoms with Crippen LogP contribution in [0.3, 0.4) is 0 Å². The van der Waals surface area contributed by atoms with Gasteiger partial charge in [-0.15, -0.1) is 0 Å². The molecule has 0 saturated carbocycles. The lowest BCUT2D eigenvalue weighted by atomic mass is 10.0.